The van der Waals surface area contributed by atoms with Crippen molar-refractivity contribution in [3.8, 4) is 0 Å². The van der Waals surface area contributed by atoms with Gasteiger partial charge in [-0.15, -0.1) is 0 Å². The summed E-state index contributed by atoms with van der Waals surface area (Å²) in [6.07, 6.45) is 2.34. The average molecular weight is 317 g/mol. The second kappa shape index (κ2) is 4.56. The van der Waals surface area contributed by atoms with Gasteiger partial charge in [-0.3, -0.25) is 9.13 Å². The number of nitrogens with zero attached hydrogens (tertiary/aromatic N) is 4. The van der Waals surface area contributed by atoms with Gasteiger partial charge in [0.25, 0.3) is 0 Å². The summed E-state index contributed by atoms with van der Waals surface area (Å²) in [4.78, 5) is 20.3. The first-order valence-corrected chi connectivity index (χ1v) is 8.39. The third kappa shape index (κ3) is 2.12. The van der Waals surface area contributed by atoms with Crippen LogP contribution in [0.4, 0.5) is 0 Å². The molecule has 1 saturated heterocycles. The molecule has 0 atom stereocenters. The number of aryl methyl sites for hydroxylation is 1. The Morgan fingerprint density at radius 1 is 1.35 bits per heavy atom. The van der Waals surface area contributed by atoms with E-state index in [-0.39, 0.29) is 28.5 Å². The molecule has 0 N–H and O–H groups in total. The van der Waals surface area contributed by atoms with Crippen molar-refractivity contribution >= 4 is 32.6 Å². The first-order chi connectivity index (χ1) is 9.39. The van der Waals surface area contributed by atoms with Crippen molar-refractivity contribution in [1.82, 2.24) is 19.1 Å². The lowest BCUT2D eigenvalue weighted by atomic mass is 10.1. The molecule has 9 heteroatoms. The van der Waals surface area contributed by atoms with Crippen LogP contribution < -0.4 is 5.69 Å². The molecule has 7 nitrogen and oxygen atoms in total. The largest absolute Gasteiger partial charge is 0.330 e. The number of hydrogen-bond donors (Lipinski definition) is 0. The number of hydrogen-bond acceptors (Lipinski definition) is 5. The highest BCUT2D eigenvalue weighted by Crippen LogP contribution is 2.25. The molecule has 3 heterocycles. The Bertz CT molecular complexity index is 825. The van der Waals surface area contributed by atoms with Gasteiger partial charge in [0.1, 0.15) is 15.4 Å². The minimum Gasteiger partial charge on any atom is -0.292 e. The highest BCUT2D eigenvalue weighted by molar-refractivity contribution is 7.91. The second-order valence-corrected chi connectivity index (χ2v) is 7.58. The van der Waals surface area contributed by atoms with Crippen LogP contribution in [0.5, 0.6) is 0 Å². The molecule has 0 spiro atoms. The molecular formula is C11H13ClN4O3S. The molecule has 1 fully saturated rings. The van der Waals surface area contributed by atoms with E-state index < -0.39 is 9.84 Å². The molecule has 20 heavy (non-hydrogen) atoms. The van der Waals surface area contributed by atoms with E-state index in [0.29, 0.717) is 24.0 Å². The normalized spacial score (nSPS) is 19.5. The van der Waals surface area contributed by atoms with Gasteiger partial charge in [-0.25, -0.2) is 18.2 Å². The smallest absolute Gasteiger partial charge is 0.292 e. The Morgan fingerprint density at radius 2 is 2.00 bits per heavy atom. The van der Waals surface area contributed by atoms with Crippen molar-refractivity contribution in [3.05, 3.63) is 22.0 Å². The lowest BCUT2D eigenvalue weighted by Gasteiger charge is -2.22. The molecule has 0 aliphatic carbocycles. The zero-order chi connectivity index (χ0) is 14.5. The Kier molecular flexibility index (Phi) is 3.09. The van der Waals surface area contributed by atoms with Gasteiger partial charge in [0.05, 0.1) is 17.7 Å². The average Bonchev–Trinajstić information content (AvgIpc) is 2.63. The molecule has 0 unspecified atom stereocenters. The molecule has 108 valence electrons. The lowest BCUT2D eigenvalue weighted by Crippen LogP contribution is -2.32. The summed E-state index contributed by atoms with van der Waals surface area (Å²) >= 11 is 5.79. The molecular weight excluding hydrogens is 304 g/mol. The van der Waals surface area contributed by atoms with Gasteiger partial charge in [-0.1, -0.05) is 0 Å². The SMILES string of the molecule is Cn1c(=O)n(C2CCS(=O)(=O)CC2)c2nc(Cl)ncc21. The predicted molar refractivity (Wildman–Crippen MR) is 74.7 cm³/mol. The fraction of sp³-hybridized carbons (Fsp3) is 0.545. The Hall–Kier alpha value is -1.41. The molecule has 0 saturated carbocycles. The topological polar surface area (TPSA) is 86.9 Å². The number of fused-ring (bicyclic) bond motifs is 1. The van der Waals surface area contributed by atoms with Gasteiger partial charge in [-0.2, -0.15) is 4.98 Å². The van der Waals surface area contributed by atoms with E-state index in [1.165, 1.54) is 15.3 Å². The molecule has 0 amide bonds. The van der Waals surface area contributed by atoms with Crippen LogP contribution in [0.15, 0.2) is 11.0 Å². The summed E-state index contributed by atoms with van der Waals surface area (Å²) < 4.78 is 26.0. The second-order valence-electron chi connectivity index (χ2n) is 4.94. The fourth-order valence-electron chi connectivity index (χ4n) is 2.58. The van der Waals surface area contributed by atoms with E-state index >= 15 is 0 Å². The fourth-order valence-corrected chi connectivity index (χ4v) is 4.18. The van der Waals surface area contributed by atoms with Crippen LogP contribution in [0.3, 0.4) is 0 Å². The number of imidazole rings is 1. The van der Waals surface area contributed by atoms with Crippen molar-refractivity contribution < 1.29 is 8.42 Å². The summed E-state index contributed by atoms with van der Waals surface area (Å²) in [5, 5.41) is 0.0697. The number of sulfone groups is 1. The van der Waals surface area contributed by atoms with Crippen molar-refractivity contribution in [2.24, 2.45) is 7.05 Å². The van der Waals surface area contributed by atoms with Gasteiger partial charge in [-0.05, 0) is 24.4 Å². The summed E-state index contributed by atoms with van der Waals surface area (Å²) in [6.45, 7) is 0. The van der Waals surface area contributed by atoms with Crippen molar-refractivity contribution in [2.45, 2.75) is 18.9 Å². The van der Waals surface area contributed by atoms with E-state index in [9.17, 15) is 13.2 Å². The van der Waals surface area contributed by atoms with Crippen LogP contribution in [0.25, 0.3) is 11.2 Å². The number of aromatic nitrogens is 4. The van der Waals surface area contributed by atoms with Crippen LogP contribution in [0.1, 0.15) is 18.9 Å². The maximum absolute atomic E-state index is 12.3. The van der Waals surface area contributed by atoms with E-state index in [1.54, 1.807) is 7.05 Å². The Morgan fingerprint density at radius 3 is 2.65 bits per heavy atom. The van der Waals surface area contributed by atoms with Crippen molar-refractivity contribution in [2.75, 3.05) is 11.5 Å². The first-order valence-electron chi connectivity index (χ1n) is 6.19. The van der Waals surface area contributed by atoms with Gasteiger partial charge in [0.2, 0.25) is 5.28 Å². The minimum atomic E-state index is -2.97. The van der Waals surface area contributed by atoms with E-state index in [1.807, 2.05) is 0 Å². The van der Waals surface area contributed by atoms with Gasteiger partial charge >= 0.3 is 5.69 Å². The molecule has 2 aromatic heterocycles. The lowest BCUT2D eigenvalue weighted by molar-refractivity contribution is 0.443. The van der Waals surface area contributed by atoms with Crippen LogP contribution in [0, 0.1) is 0 Å². The van der Waals surface area contributed by atoms with Crippen LogP contribution >= 0.6 is 11.6 Å². The zero-order valence-electron chi connectivity index (χ0n) is 10.8. The zero-order valence-corrected chi connectivity index (χ0v) is 12.4. The Balaban J connectivity index is 2.14. The van der Waals surface area contributed by atoms with Gasteiger partial charge < -0.3 is 0 Å². The maximum atomic E-state index is 12.3. The molecule has 1 aliphatic rings. The summed E-state index contributed by atoms with van der Waals surface area (Å²) in [5.41, 5.74) is 0.829. The molecule has 1 aliphatic heterocycles. The molecule has 2 aromatic rings. The minimum absolute atomic E-state index is 0.0697. The monoisotopic (exact) mass is 316 g/mol. The summed E-state index contributed by atoms with van der Waals surface area (Å²) in [5.74, 6) is 0.193. The number of halogens is 1. The van der Waals surface area contributed by atoms with Crippen LogP contribution in [0.2, 0.25) is 5.28 Å². The van der Waals surface area contributed by atoms with Crippen molar-refractivity contribution in [1.29, 1.82) is 0 Å². The third-order valence-electron chi connectivity index (χ3n) is 3.69. The summed E-state index contributed by atoms with van der Waals surface area (Å²) in [7, 11) is -1.34. The number of rotatable bonds is 1. The molecule has 3 rings (SSSR count). The Labute approximate surface area is 120 Å². The first kappa shape index (κ1) is 13.6. The van der Waals surface area contributed by atoms with E-state index in [2.05, 4.69) is 9.97 Å². The van der Waals surface area contributed by atoms with Crippen molar-refractivity contribution in [3.63, 3.8) is 0 Å². The van der Waals surface area contributed by atoms with Gasteiger partial charge in [0.15, 0.2) is 5.65 Å². The van der Waals surface area contributed by atoms with Crippen LogP contribution in [-0.4, -0.2) is 39.0 Å². The summed E-state index contributed by atoms with van der Waals surface area (Å²) in [6, 6.07) is -0.166. The quantitative estimate of drug-likeness (QED) is 0.716. The molecule has 0 radical (unpaired) electrons. The van der Waals surface area contributed by atoms with Crippen LogP contribution in [-0.2, 0) is 16.9 Å². The third-order valence-corrected chi connectivity index (χ3v) is 5.59. The highest BCUT2D eigenvalue weighted by Gasteiger charge is 2.28. The standard InChI is InChI=1S/C11H13ClN4O3S/c1-15-8-6-13-10(12)14-9(8)16(11(15)17)7-2-4-20(18,19)5-3-7/h6-7H,2-5H2,1H3. The van der Waals surface area contributed by atoms with E-state index in [0.717, 1.165) is 0 Å². The highest BCUT2D eigenvalue weighted by atomic mass is 35.5. The van der Waals surface area contributed by atoms with E-state index in [4.69, 9.17) is 11.6 Å². The molecule has 0 aromatic carbocycles. The maximum Gasteiger partial charge on any atom is 0.330 e. The predicted octanol–water partition coefficient (Wildman–Crippen LogP) is 0.533. The van der Waals surface area contributed by atoms with Gasteiger partial charge in [0, 0.05) is 13.1 Å². The molecule has 0 bridgehead atoms.